The van der Waals surface area contributed by atoms with Crippen LogP contribution in [0.4, 0.5) is 0 Å². The molecule has 1 N–H and O–H groups in total. The van der Waals surface area contributed by atoms with Crippen LogP contribution in [0.3, 0.4) is 0 Å². The zero-order chi connectivity index (χ0) is 9.26. The van der Waals surface area contributed by atoms with Crippen LogP contribution in [0.2, 0.25) is 0 Å². The van der Waals surface area contributed by atoms with E-state index < -0.39 is 0 Å². The molecule has 13 heavy (non-hydrogen) atoms. The molecule has 0 aromatic rings. The number of rotatable bonds is 6. The van der Waals surface area contributed by atoms with E-state index in [1.165, 1.54) is 38.5 Å². The summed E-state index contributed by atoms with van der Waals surface area (Å²) in [5.41, 5.74) is 0. The quantitative estimate of drug-likeness (QED) is 0.626. The Kier molecular flexibility index (Phi) is 2.92. The summed E-state index contributed by atoms with van der Waals surface area (Å²) >= 11 is 0. The summed E-state index contributed by atoms with van der Waals surface area (Å²) in [6.45, 7) is 2.72. The van der Waals surface area contributed by atoms with Crippen LogP contribution in [0.1, 0.15) is 45.4 Å². The maximum atomic E-state index is 8.95. The highest BCUT2D eigenvalue weighted by atomic mass is 16.3. The van der Waals surface area contributed by atoms with Crippen molar-refractivity contribution in [2.45, 2.75) is 45.4 Å². The van der Waals surface area contributed by atoms with Crippen molar-refractivity contribution >= 4 is 0 Å². The fourth-order valence-electron chi connectivity index (χ4n) is 2.79. The molecule has 0 heterocycles. The van der Waals surface area contributed by atoms with E-state index >= 15 is 0 Å². The van der Waals surface area contributed by atoms with Gasteiger partial charge in [0.1, 0.15) is 0 Å². The first-order chi connectivity index (χ1) is 6.36. The zero-order valence-electron chi connectivity index (χ0n) is 8.71. The Morgan fingerprint density at radius 1 is 1.08 bits per heavy atom. The molecule has 2 aliphatic carbocycles. The summed E-state index contributed by atoms with van der Waals surface area (Å²) in [6.07, 6.45) is 8.47. The van der Waals surface area contributed by atoms with Crippen molar-refractivity contribution in [3.63, 3.8) is 0 Å². The third-order valence-electron chi connectivity index (χ3n) is 3.92. The third kappa shape index (κ3) is 2.25. The smallest absolute Gasteiger partial charge is 0.0462 e. The molecule has 2 fully saturated rings. The van der Waals surface area contributed by atoms with Crippen molar-refractivity contribution in [1.82, 2.24) is 0 Å². The second-order valence-electron chi connectivity index (χ2n) is 5.00. The Hall–Kier alpha value is -0.0400. The standard InChI is InChI=1S/C12H22O/c1-2-3-4-5-9-6-11(9)12-7-10(12)8-13/h9-13H,2-8H2,1H3. The predicted octanol–water partition coefficient (Wildman–Crippen LogP) is 2.83. The first-order valence-electron chi connectivity index (χ1n) is 5.97. The van der Waals surface area contributed by atoms with Crippen molar-refractivity contribution in [1.29, 1.82) is 0 Å². The van der Waals surface area contributed by atoms with Crippen LogP contribution >= 0.6 is 0 Å². The molecule has 0 radical (unpaired) electrons. The summed E-state index contributed by atoms with van der Waals surface area (Å²) in [5, 5.41) is 8.95. The maximum Gasteiger partial charge on any atom is 0.0462 e. The fraction of sp³-hybridized carbons (Fsp3) is 1.00. The molecule has 0 aliphatic heterocycles. The van der Waals surface area contributed by atoms with E-state index in [0.29, 0.717) is 12.5 Å². The van der Waals surface area contributed by atoms with Crippen molar-refractivity contribution in [2.24, 2.45) is 23.7 Å². The Morgan fingerprint density at radius 3 is 2.38 bits per heavy atom. The lowest BCUT2D eigenvalue weighted by Gasteiger charge is -1.98. The van der Waals surface area contributed by atoms with E-state index in [2.05, 4.69) is 6.92 Å². The molecular formula is C12H22O. The largest absolute Gasteiger partial charge is 0.396 e. The van der Waals surface area contributed by atoms with Crippen LogP contribution in [0.5, 0.6) is 0 Å². The van der Waals surface area contributed by atoms with E-state index in [-0.39, 0.29) is 0 Å². The molecule has 0 spiro atoms. The first-order valence-corrected chi connectivity index (χ1v) is 5.97. The van der Waals surface area contributed by atoms with Gasteiger partial charge in [-0.1, -0.05) is 32.6 Å². The van der Waals surface area contributed by atoms with Gasteiger partial charge in [0.15, 0.2) is 0 Å². The van der Waals surface area contributed by atoms with Crippen molar-refractivity contribution < 1.29 is 5.11 Å². The Bertz CT molecular complexity index is 167. The van der Waals surface area contributed by atoms with Gasteiger partial charge in [-0.05, 0) is 36.5 Å². The number of aliphatic hydroxyl groups is 1. The van der Waals surface area contributed by atoms with Gasteiger partial charge in [-0.3, -0.25) is 0 Å². The van der Waals surface area contributed by atoms with E-state index in [9.17, 15) is 0 Å². The van der Waals surface area contributed by atoms with Crippen LogP contribution in [-0.4, -0.2) is 11.7 Å². The lowest BCUT2D eigenvalue weighted by Crippen LogP contribution is -1.92. The summed E-state index contributed by atoms with van der Waals surface area (Å²) in [7, 11) is 0. The summed E-state index contributed by atoms with van der Waals surface area (Å²) in [6, 6.07) is 0. The second-order valence-corrected chi connectivity index (χ2v) is 5.00. The van der Waals surface area contributed by atoms with Crippen LogP contribution in [0.25, 0.3) is 0 Å². The van der Waals surface area contributed by atoms with Crippen molar-refractivity contribution in [3.8, 4) is 0 Å². The van der Waals surface area contributed by atoms with E-state index in [1.807, 2.05) is 0 Å². The lowest BCUT2D eigenvalue weighted by molar-refractivity contribution is 0.265. The van der Waals surface area contributed by atoms with Crippen LogP contribution in [-0.2, 0) is 0 Å². The monoisotopic (exact) mass is 182 g/mol. The topological polar surface area (TPSA) is 20.2 Å². The minimum Gasteiger partial charge on any atom is -0.396 e. The molecule has 2 saturated carbocycles. The van der Waals surface area contributed by atoms with Crippen LogP contribution in [0.15, 0.2) is 0 Å². The summed E-state index contributed by atoms with van der Waals surface area (Å²) in [5.74, 6) is 3.69. The molecule has 76 valence electrons. The third-order valence-corrected chi connectivity index (χ3v) is 3.92. The number of unbranched alkanes of at least 4 members (excludes halogenated alkanes) is 2. The normalized spacial score (nSPS) is 42.0. The van der Waals surface area contributed by atoms with Gasteiger partial charge in [0.2, 0.25) is 0 Å². The van der Waals surface area contributed by atoms with Crippen molar-refractivity contribution in [2.75, 3.05) is 6.61 Å². The number of hydrogen-bond acceptors (Lipinski definition) is 1. The van der Waals surface area contributed by atoms with Gasteiger partial charge in [-0.15, -0.1) is 0 Å². The minimum absolute atomic E-state index is 0.447. The number of hydrogen-bond donors (Lipinski definition) is 1. The van der Waals surface area contributed by atoms with Crippen LogP contribution in [0, 0.1) is 23.7 Å². The minimum atomic E-state index is 0.447. The van der Waals surface area contributed by atoms with Gasteiger partial charge in [0.05, 0.1) is 0 Å². The van der Waals surface area contributed by atoms with E-state index in [1.54, 1.807) is 0 Å². The zero-order valence-corrected chi connectivity index (χ0v) is 8.71. The predicted molar refractivity (Wildman–Crippen MR) is 54.4 cm³/mol. The van der Waals surface area contributed by atoms with E-state index in [4.69, 9.17) is 5.11 Å². The molecule has 1 nitrogen and oxygen atoms in total. The van der Waals surface area contributed by atoms with Gasteiger partial charge in [-0.2, -0.15) is 0 Å². The summed E-state index contributed by atoms with van der Waals surface area (Å²) < 4.78 is 0. The molecule has 0 aromatic carbocycles. The average molecular weight is 182 g/mol. The molecule has 0 aromatic heterocycles. The molecule has 0 bridgehead atoms. The highest BCUT2D eigenvalue weighted by molar-refractivity contribution is 5.01. The SMILES string of the molecule is CCCCCC1CC1C1CC1CO. The average Bonchev–Trinajstić information content (AvgIpc) is 2.99. The second kappa shape index (κ2) is 4.00. The molecule has 2 rings (SSSR count). The summed E-state index contributed by atoms with van der Waals surface area (Å²) in [4.78, 5) is 0. The molecule has 4 unspecified atom stereocenters. The Morgan fingerprint density at radius 2 is 1.77 bits per heavy atom. The van der Waals surface area contributed by atoms with Gasteiger partial charge in [0, 0.05) is 6.61 Å². The molecule has 4 atom stereocenters. The Labute approximate surface area is 81.5 Å². The molecule has 2 aliphatic rings. The molecular weight excluding hydrogens is 160 g/mol. The van der Waals surface area contributed by atoms with Gasteiger partial charge >= 0.3 is 0 Å². The molecule has 0 amide bonds. The lowest BCUT2D eigenvalue weighted by atomic mass is 10.1. The maximum absolute atomic E-state index is 8.95. The molecule has 0 saturated heterocycles. The van der Waals surface area contributed by atoms with Gasteiger partial charge in [-0.25, -0.2) is 0 Å². The van der Waals surface area contributed by atoms with Crippen LogP contribution < -0.4 is 0 Å². The van der Waals surface area contributed by atoms with E-state index in [0.717, 1.165) is 17.8 Å². The van der Waals surface area contributed by atoms with Gasteiger partial charge in [0.25, 0.3) is 0 Å². The highest BCUT2D eigenvalue weighted by Gasteiger charge is 2.52. The number of aliphatic hydroxyl groups excluding tert-OH is 1. The van der Waals surface area contributed by atoms with Gasteiger partial charge < -0.3 is 5.11 Å². The van der Waals surface area contributed by atoms with Crippen molar-refractivity contribution in [3.05, 3.63) is 0 Å². The highest BCUT2D eigenvalue weighted by Crippen LogP contribution is 2.59. The Balaban J connectivity index is 1.56. The molecule has 1 heteroatoms. The first kappa shape index (κ1) is 9.51. The fourth-order valence-corrected chi connectivity index (χ4v) is 2.79.